The molecular weight excluding hydrogens is 566 g/mol. The maximum absolute atomic E-state index is 14.5. The van der Waals surface area contributed by atoms with E-state index in [2.05, 4.69) is 16.6 Å². The number of alkyl carbamates (subject to hydrolysis) is 1. The molecular formula is C37H39N3O5. The highest BCUT2D eigenvalue weighted by molar-refractivity contribution is 6.00. The molecule has 4 aromatic carbocycles. The average molecular weight is 606 g/mol. The maximum Gasteiger partial charge on any atom is 0.408 e. The molecule has 45 heavy (non-hydrogen) atoms. The first-order valence-corrected chi connectivity index (χ1v) is 14.9. The average Bonchev–Trinajstić information content (AvgIpc) is 3.00. The van der Waals surface area contributed by atoms with Crippen molar-refractivity contribution in [2.75, 3.05) is 11.9 Å². The lowest BCUT2D eigenvalue weighted by Gasteiger charge is -2.35. The van der Waals surface area contributed by atoms with Crippen LogP contribution in [0.4, 0.5) is 10.5 Å². The summed E-state index contributed by atoms with van der Waals surface area (Å²) in [6.45, 7) is 7.31. The topological polar surface area (TPSA) is 108 Å². The van der Waals surface area contributed by atoms with Gasteiger partial charge in [0.15, 0.2) is 0 Å². The van der Waals surface area contributed by atoms with Gasteiger partial charge >= 0.3 is 6.09 Å². The first-order valence-electron chi connectivity index (χ1n) is 14.9. The van der Waals surface area contributed by atoms with Crippen LogP contribution in [0, 0.1) is 12.3 Å². The first kappa shape index (κ1) is 32.6. The van der Waals surface area contributed by atoms with Crippen LogP contribution in [0.25, 0.3) is 10.8 Å². The van der Waals surface area contributed by atoms with Gasteiger partial charge in [0, 0.05) is 24.2 Å². The molecule has 0 heterocycles. The van der Waals surface area contributed by atoms with Gasteiger partial charge in [-0.15, -0.1) is 6.42 Å². The van der Waals surface area contributed by atoms with Crippen molar-refractivity contribution in [3.63, 3.8) is 0 Å². The van der Waals surface area contributed by atoms with Crippen molar-refractivity contribution in [1.29, 1.82) is 0 Å². The number of terminal acetylenes is 1. The number of carbonyl (C=O) groups is 3. The van der Waals surface area contributed by atoms with Crippen LogP contribution >= 0.6 is 0 Å². The molecule has 2 atom stereocenters. The number of phenolic OH excluding ortho intramolecular Hbond substituents is 1. The van der Waals surface area contributed by atoms with E-state index in [0.29, 0.717) is 28.8 Å². The van der Waals surface area contributed by atoms with Crippen molar-refractivity contribution in [2.24, 2.45) is 0 Å². The number of aromatic hydroxyl groups is 1. The van der Waals surface area contributed by atoms with Gasteiger partial charge < -0.3 is 25.4 Å². The molecule has 0 saturated carbocycles. The van der Waals surface area contributed by atoms with Crippen molar-refractivity contribution in [1.82, 2.24) is 10.2 Å². The summed E-state index contributed by atoms with van der Waals surface area (Å²) in [5, 5.41) is 17.5. The molecule has 8 nitrogen and oxygen atoms in total. The molecule has 8 heteroatoms. The standard InChI is InChI=1S/C37H39N3O5/c1-6-22-40(35(43)32(39-36(44)45-37(3,4)5)23-25-16-20-30(41)21-17-25)33(31-15-11-10-12-26(31)7-2)34(42)38-29-19-18-27-13-8-9-14-28(27)24-29/h2,8-21,24,32-33,41H,6,22-23H2,1,3-5H3,(H,38,42)(H,39,44). The van der Waals surface area contributed by atoms with E-state index in [-0.39, 0.29) is 18.7 Å². The molecule has 4 aromatic rings. The number of nitrogens with one attached hydrogen (secondary N) is 2. The normalized spacial score (nSPS) is 12.4. The third kappa shape index (κ3) is 8.64. The van der Waals surface area contributed by atoms with E-state index in [1.165, 1.54) is 17.0 Å². The van der Waals surface area contributed by atoms with E-state index < -0.39 is 35.6 Å². The van der Waals surface area contributed by atoms with Crippen LogP contribution < -0.4 is 10.6 Å². The monoisotopic (exact) mass is 605 g/mol. The Labute approximate surface area is 264 Å². The number of ether oxygens (including phenoxy) is 1. The summed E-state index contributed by atoms with van der Waals surface area (Å²) in [7, 11) is 0. The SMILES string of the molecule is C#Cc1ccccc1C(C(=O)Nc1ccc2ccccc2c1)N(CCC)C(=O)C(Cc1ccc(O)cc1)NC(=O)OC(C)(C)C. The summed E-state index contributed by atoms with van der Waals surface area (Å²) < 4.78 is 5.49. The number of benzene rings is 4. The second-order valence-corrected chi connectivity index (χ2v) is 11.8. The number of hydrogen-bond donors (Lipinski definition) is 3. The zero-order valence-electron chi connectivity index (χ0n) is 26.0. The van der Waals surface area contributed by atoms with Gasteiger partial charge in [0.1, 0.15) is 23.4 Å². The molecule has 0 spiro atoms. The Morgan fingerprint density at radius 3 is 2.27 bits per heavy atom. The number of phenols is 1. The fourth-order valence-electron chi connectivity index (χ4n) is 5.12. The molecule has 4 rings (SSSR count). The number of nitrogens with zero attached hydrogens (tertiary/aromatic N) is 1. The molecule has 0 saturated heterocycles. The number of fused-ring (bicyclic) bond motifs is 1. The Bertz CT molecular complexity index is 1700. The van der Waals surface area contributed by atoms with E-state index in [4.69, 9.17) is 11.2 Å². The third-order valence-corrected chi connectivity index (χ3v) is 7.10. The van der Waals surface area contributed by atoms with Crippen LogP contribution in [0.3, 0.4) is 0 Å². The molecule has 0 aromatic heterocycles. The van der Waals surface area contributed by atoms with E-state index in [9.17, 15) is 19.5 Å². The summed E-state index contributed by atoms with van der Waals surface area (Å²) in [4.78, 5) is 43.2. The highest BCUT2D eigenvalue weighted by atomic mass is 16.6. The molecule has 0 aliphatic heterocycles. The Kier molecular flexibility index (Phi) is 10.5. The van der Waals surface area contributed by atoms with Gasteiger partial charge in [0.2, 0.25) is 5.91 Å². The Balaban J connectivity index is 1.76. The zero-order valence-corrected chi connectivity index (χ0v) is 26.0. The number of rotatable bonds is 10. The Hall–Kier alpha value is -5.29. The Morgan fingerprint density at radius 2 is 1.60 bits per heavy atom. The molecule has 0 fully saturated rings. The molecule has 2 unspecified atom stereocenters. The van der Waals surface area contributed by atoms with E-state index >= 15 is 0 Å². The maximum atomic E-state index is 14.5. The summed E-state index contributed by atoms with van der Waals surface area (Å²) in [5.41, 5.74) is 1.42. The lowest BCUT2D eigenvalue weighted by atomic mass is 9.96. The van der Waals surface area contributed by atoms with Crippen LogP contribution in [0.2, 0.25) is 0 Å². The molecule has 0 aliphatic carbocycles. The van der Waals surface area contributed by atoms with Gasteiger partial charge in [-0.3, -0.25) is 9.59 Å². The van der Waals surface area contributed by atoms with Crippen molar-refractivity contribution in [3.05, 3.63) is 108 Å². The van der Waals surface area contributed by atoms with Gasteiger partial charge in [-0.25, -0.2) is 4.79 Å². The van der Waals surface area contributed by atoms with Crippen molar-refractivity contribution in [2.45, 2.75) is 58.2 Å². The van der Waals surface area contributed by atoms with Gasteiger partial charge in [0.25, 0.3) is 5.91 Å². The first-order chi connectivity index (χ1) is 21.5. The van der Waals surface area contributed by atoms with Gasteiger partial charge in [0.05, 0.1) is 0 Å². The highest BCUT2D eigenvalue weighted by Crippen LogP contribution is 2.29. The van der Waals surface area contributed by atoms with Crippen LogP contribution in [-0.4, -0.2) is 46.1 Å². The second kappa shape index (κ2) is 14.5. The summed E-state index contributed by atoms with van der Waals surface area (Å²) in [6.07, 6.45) is 5.73. The van der Waals surface area contributed by atoms with Crippen molar-refractivity contribution >= 4 is 34.4 Å². The quantitative estimate of drug-likeness (QED) is 0.177. The molecule has 232 valence electrons. The van der Waals surface area contributed by atoms with Crippen LogP contribution in [0.15, 0.2) is 91.0 Å². The van der Waals surface area contributed by atoms with Crippen LogP contribution in [0.5, 0.6) is 5.75 Å². The minimum Gasteiger partial charge on any atom is -0.508 e. The third-order valence-electron chi connectivity index (χ3n) is 7.10. The second-order valence-electron chi connectivity index (χ2n) is 11.8. The minimum absolute atomic E-state index is 0.0747. The van der Waals surface area contributed by atoms with E-state index in [0.717, 1.165) is 10.8 Å². The number of carbonyl (C=O) groups excluding carboxylic acids is 3. The van der Waals surface area contributed by atoms with Gasteiger partial charge in [-0.1, -0.05) is 73.5 Å². The van der Waals surface area contributed by atoms with Crippen molar-refractivity contribution < 1.29 is 24.2 Å². The van der Waals surface area contributed by atoms with Gasteiger partial charge in [-0.2, -0.15) is 0 Å². The van der Waals surface area contributed by atoms with Crippen LogP contribution in [-0.2, 0) is 20.7 Å². The minimum atomic E-state index is -1.11. The number of anilines is 1. The summed E-state index contributed by atoms with van der Waals surface area (Å²) in [6, 6.07) is 24.6. The fraction of sp³-hybridized carbons (Fsp3) is 0.270. The molecule has 3 N–H and O–H groups in total. The predicted molar refractivity (Wildman–Crippen MR) is 177 cm³/mol. The molecule has 3 amide bonds. The largest absolute Gasteiger partial charge is 0.508 e. The molecule has 0 aliphatic rings. The van der Waals surface area contributed by atoms with Gasteiger partial charge in [-0.05, 0) is 79.4 Å². The predicted octanol–water partition coefficient (Wildman–Crippen LogP) is 6.58. The summed E-state index contributed by atoms with van der Waals surface area (Å²) in [5.74, 6) is 1.80. The lowest BCUT2D eigenvalue weighted by molar-refractivity contribution is -0.140. The number of hydrogen-bond acceptors (Lipinski definition) is 5. The highest BCUT2D eigenvalue weighted by Gasteiger charge is 2.37. The summed E-state index contributed by atoms with van der Waals surface area (Å²) >= 11 is 0. The zero-order chi connectivity index (χ0) is 32.6. The van der Waals surface area contributed by atoms with Crippen molar-refractivity contribution in [3.8, 4) is 18.1 Å². The van der Waals surface area contributed by atoms with Crippen LogP contribution in [0.1, 0.15) is 56.8 Å². The lowest BCUT2D eigenvalue weighted by Crippen LogP contribution is -2.53. The fourth-order valence-corrected chi connectivity index (χ4v) is 5.12. The molecule has 0 bridgehead atoms. The van der Waals surface area contributed by atoms with E-state index in [1.54, 1.807) is 57.2 Å². The Morgan fingerprint density at radius 1 is 0.933 bits per heavy atom. The van der Waals surface area contributed by atoms with E-state index in [1.807, 2.05) is 49.4 Å². The number of amides is 3. The smallest absolute Gasteiger partial charge is 0.408 e. The molecule has 0 radical (unpaired) electrons.